The fourth-order valence-corrected chi connectivity index (χ4v) is 3.78. The Labute approximate surface area is 212 Å². The van der Waals surface area contributed by atoms with Crippen LogP contribution in [0.25, 0.3) is 0 Å². The Balaban J connectivity index is 1.51. The topological polar surface area (TPSA) is 152 Å². The number of carbonyl (C=O) groups is 2. The summed E-state index contributed by atoms with van der Waals surface area (Å²) in [4.78, 5) is 24.9. The number of aliphatic hydroxyl groups excluding tert-OH is 3. The van der Waals surface area contributed by atoms with E-state index >= 15 is 0 Å². The number of aliphatic hydroxyl groups is 3. The molecule has 5 atom stereocenters. The van der Waals surface area contributed by atoms with E-state index < -0.39 is 49.3 Å². The maximum Gasteiger partial charge on any atom is 0.338 e. The molecule has 0 aromatic heterocycles. The van der Waals surface area contributed by atoms with Crippen molar-refractivity contribution in [1.82, 2.24) is 0 Å². The van der Waals surface area contributed by atoms with Crippen LogP contribution in [0.4, 0.5) is 0 Å². The van der Waals surface area contributed by atoms with Crippen LogP contribution in [0.5, 0.6) is 11.5 Å². The number of hydrogen-bond donors (Lipinski definition) is 4. The Bertz CT molecular complexity index is 1200. The van der Waals surface area contributed by atoms with Crippen LogP contribution < -0.4 is 4.74 Å². The monoisotopic (exact) mass is 510 g/mol. The molecule has 0 aliphatic carbocycles. The SMILES string of the molecule is O=C(OCc1cc(O)ccc1O[C@@H]1O[C@H](CO)[C@@H](O)[C@@H](OC(=O)c2ccccc2)[C@H]1O)c1ccccc1. The quantitative estimate of drug-likeness (QED) is 0.330. The largest absolute Gasteiger partial charge is 0.508 e. The van der Waals surface area contributed by atoms with Crippen LogP contribution in [0.15, 0.2) is 78.9 Å². The Morgan fingerprint density at radius 3 is 2.08 bits per heavy atom. The second kappa shape index (κ2) is 11.8. The number of ether oxygens (including phenoxy) is 4. The van der Waals surface area contributed by atoms with Gasteiger partial charge in [-0.1, -0.05) is 36.4 Å². The van der Waals surface area contributed by atoms with Gasteiger partial charge in [-0.15, -0.1) is 0 Å². The lowest BCUT2D eigenvalue weighted by atomic mass is 9.98. The molecule has 3 aromatic carbocycles. The maximum atomic E-state index is 12.6. The highest BCUT2D eigenvalue weighted by atomic mass is 16.7. The molecule has 10 nitrogen and oxygen atoms in total. The fourth-order valence-electron chi connectivity index (χ4n) is 3.78. The molecule has 0 amide bonds. The highest BCUT2D eigenvalue weighted by Gasteiger charge is 2.48. The van der Waals surface area contributed by atoms with Crippen molar-refractivity contribution in [2.45, 2.75) is 37.3 Å². The molecule has 1 aliphatic rings. The van der Waals surface area contributed by atoms with Crippen molar-refractivity contribution in [1.29, 1.82) is 0 Å². The predicted octanol–water partition coefficient (Wildman–Crippen LogP) is 1.79. The molecule has 4 rings (SSSR count). The molecule has 10 heteroatoms. The van der Waals surface area contributed by atoms with E-state index in [-0.39, 0.29) is 29.2 Å². The molecule has 0 unspecified atom stereocenters. The lowest BCUT2D eigenvalue weighted by Gasteiger charge is -2.41. The van der Waals surface area contributed by atoms with Crippen LogP contribution in [0, 0.1) is 0 Å². The van der Waals surface area contributed by atoms with Crippen molar-refractivity contribution in [3.05, 3.63) is 95.6 Å². The normalized spacial score (nSPS) is 23.2. The van der Waals surface area contributed by atoms with Crippen LogP contribution >= 0.6 is 0 Å². The second-order valence-corrected chi connectivity index (χ2v) is 8.29. The zero-order valence-corrected chi connectivity index (χ0v) is 19.5. The molecule has 4 N–H and O–H groups in total. The van der Waals surface area contributed by atoms with Crippen LogP contribution in [0.3, 0.4) is 0 Å². The van der Waals surface area contributed by atoms with Gasteiger partial charge in [-0.05, 0) is 42.5 Å². The Morgan fingerprint density at radius 1 is 0.838 bits per heavy atom. The van der Waals surface area contributed by atoms with E-state index in [1.165, 1.54) is 30.3 Å². The van der Waals surface area contributed by atoms with Crippen LogP contribution in [-0.4, -0.2) is 69.7 Å². The molecule has 3 aromatic rings. The summed E-state index contributed by atoms with van der Waals surface area (Å²) in [5, 5.41) is 41.1. The molecule has 0 radical (unpaired) electrons. The summed E-state index contributed by atoms with van der Waals surface area (Å²) < 4.78 is 22.0. The predicted molar refractivity (Wildman–Crippen MR) is 128 cm³/mol. The van der Waals surface area contributed by atoms with Gasteiger partial charge in [0.25, 0.3) is 0 Å². The van der Waals surface area contributed by atoms with E-state index in [0.29, 0.717) is 5.56 Å². The van der Waals surface area contributed by atoms with Crippen LogP contribution in [-0.2, 0) is 20.8 Å². The maximum absolute atomic E-state index is 12.6. The smallest absolute Gasteiger partial charge is 0.338 e. The Morgan fingerprint density at radius 2 is 1.46 bits per heavy atom. The molecule has 0 saturated carbocycles. The number of phenolic OH excluding ortho intramolecular Hbond substituents is 1. The van der Waals surface area contributed by atoms with Crippen molar-refractivity contribution >= 4 is 11.9 Å². The summed E-state index contributed by atoms with van der Waals surface area (Å²) in [6, 6.07) is 20.3. The van der Waals surface area contributed by atoms with E-state index in [1.54, 1.807) is 48.5 Å². The number of hydrogen-bond acceptors (Lipinski definition) is 10. The zero-order chi connectivity index (χ0) is 26.4. The van der Waals surface area contributed by atoms with Gasteiger partial charge in [0.2, 0.25) is 6.29 Å². The minimum Gasteiger partial charge on any atom is -0.508 e. The number of aromatic hydroxyl groups is 1. The number of benzene rings is 3. The van der Waals surface area contributed by atoms with Crippen molar-refractivity contribution < 1.29 is 49.0 Å². The summed E-state index contributed by atoms with van der Waals surface area (Å²) in [7, 11) is 0. The third kappa shape index (κ3) is 6.25. The van der Waals surface area contributed by atoms with Gasteiger partial charge in [0.1, 0.15) is 30.3 Å². The molecular formula is C27H26O10. The van der Waals surface area contributed by atoms with Crippen molar-refractivity contribution in [3.63, 3.8) is 0 Å². The summed E-state index contributed by atoms with van der Waals surface area (Å²) in [5.74, 6) is -1.43. The standard InChI is InChI=1S/C27H26O10/c28-14-21-22(30)24(37-26(33)17-9-5-2-6-10-17)23(31)27(36-21)35-20-12-11-19(29)13-18(20)15-34-25(32)16-7-3-1-4-8-16/h1-13,21-24,27-31H,14-15H2/t21-,22-,23-,24-,27-/m1/s1. The van der Waals surface area contributed by atoms with E-state index in [2.05, 4.69) is 0 Å². The van der Waals surface area contributed by atoms with Crippen molar-refractivity contribution in [3.8, 4) is 11.5 Å². The number of phenols is 1. The van der Waals surface area contributed by atoms with Gasteiger partial charge >= 0.3 is 11.9 Å². The first-order chi connectivity index (χ1) is 17.9. The molecule has 1 saturated heterocycles. The van der Waals surface area contributed by atoms with Crippen LogP contribution in [0.1, 0.15) is 26.3 Å². The second-order valence-electron chi connectivity index (χ2n) is 8.29. The van der Waals surface area contributed by atoms with Gasteiger partial charge in [0, 0.05) is 5.56 Å². The molecule has 0 bridgehead atoms. The van der Waals surface area contributed by atoms with E-state index in [4.69, 9.17) is 18.9 Å². The number of carbonyl (C=O) groups excluding carboxylic acids is 2. The summed E-state index contributed by atoms with van der Waals surface area (Å²) in [6.07, 6.45) is -7.40. The number of esters is 2. The lowest BCUT2D eigenvalue weighted by Crippen LogP contribution is -2.61. The van der Waals surface area contributed by atoms with Gasteiger partial charge in [-0.25, -0.2) is 9.59 Å². The van der Waals surface area contributed by atoms with Gasteiger partial charge in [-0.3, -0.25) is 0 Å². The Hall–Kier alpha value is -3.96. The third-order valence-corrected chi connectivity index (χ3v) is 5.73. The molecular weight excluding hydrogens is 484 g/mol. The fraction of sp³-hybridized carbons (Fsp3) is 0.259. The molecule has 37 heavy (non-hydrogen) atoms. The summed E-state index contributed by atoms with van der Waals surface area (Å²) in [5.41, 5.74) is 0.788. The van der Waals surface area contributed by atoms with Gasteiger partial charge in [-0.2, -0.15) is 0 Å². The summed E-state index contributed by atoms with van der Waals surface area (Å²) in [6.45, 7) is -0.928. The lowest BCUT2D eigenvalue weighted by molar-refractivity contribution is -0.277. The minimum absolute atomic E-state index is 0.0870. The van der Waals surface area contributed by atoms with Gasteiger partial charge in [0.05, 0.1) is 17.7 Å². The molecule has 0 spiro atoms. The molecule has 194 valence electrons. The minimum atomic E-state index is -1.65. The van der Waals surface area contributed by atoms with Crippen molar-refractivity contribution in [2.75, 3.05) is 6.61 Å². The summed E-state index contributed by atoms with van der Waals surface area (Å²) >= 11 is 0. The zero-order valence-electron chi connectivity index (χ0n) is 19.5. The average molecular weight is 510 g/mol. The molecule has 1 fully saturated rings. The Kier molecular flexibility index (Phi) is 8.36. The molecule has 1 aliphatic heterocycles. The highest BCUT2D eigenvalue weighted by Crippen LogP contribution is 2.30. The molecule has 1 heterocycles. The van der Waals surface area contributed by atoms with Crippen molar-refractivity contribution in [2.24, 2.45) is 0 Å². The van der Waals surface area contributed by atoms with Gasteiger partial charge < -0.3 is 39.4 Å². The number of rotatable bonds is 8. The van der Waals surface area contributed by atoms with E-state index in [9.17, 15) is 30.0 Å². The first-order valence-electron chi connectivity index (χ1n) is 11.5. The first-order valence-corrected chi connectivity index (χ1v) is 11.5. The van der Waals surface area contributed by atoms with Crippen LogP contribution in [0.2, 0.25) is 0 Å². The van der Waals surface area contributed by atoms with E-state index in [1.807, 2.05) is 0 Å². The highest BCUT2D eigenvalue weighted by molar-refractivity contribution is 5.89. The average Bonchev–Trinajstić information content (AvgIpc) is 2.93. The van der Waals surface area contributed by atoms with E-state index in [0.717, 1.165) is 0 Å². The third-order valence-electron chi connectivity index (χ3n) is 5.73. The first kappa shape index (κ1) is 26.1. The van der Waals surface area contributed by atoms with Gasteiger partial charge in [0.15, 0.2) is 12.2 Å².